The van der Waals surface area contributed by atoms with Gasteiger partial charge in [0.25, 0.3) is 0 Å². The van der Waals surface area contributed by atoms with Gasteiger partial charge in [-0.1, -0.05) is 13.8 Å². The smallest absolute Gasteiger partial charge is 0.306 e. The molecule has 0 aliphatic rings. The predicted octanol–water partition coefficient (Wildman–Crippen LogP) is 2.24. The topological polar surface area (TPSA) is 78.2 Å². The van der Waals surface area contributed by atoms with Crippen LogP contribution in [0.3, 0.4) is 0 Å². The highest BCUT2D eigenvalue weighted by molar-refractivity contribution is 5.99. The second kappa shape index (κ2) is 5.41. The quantitative estimate of drug-likeness (QED) is 0.830. The van der Waals surface area contributed by atoms with Crippen LogP contribution >= 0.6 is 0 Å². The van der Waals surface area contributed by atoms with E-state index in [1.54, 1.807) is 6.07 Å². The van der Waals surface area contributed by atoms with Gasteiger partial charge in [0, 0.05) is 11.5 Å². The van der Waals surface area contributed by atoms with Gasteiger partial charge in [0.1, 0.15) is 11.9 Å². The molecule has 4 nitrogen and oxygen atoms in total. The molecule has 1 N–H and O–H groups in total. The van der Waals surface area contributed by atoms with Gasteiger partial charge in [-0.05, 0) is 18.2 Å². The van der Waals surface area contributed by atoms with Crippen molar-refractivity contribution in [1.82, 2.24) is 0 Å². The first-order chi connectivity index (χ1) is 8.38. The van der Waals surface area contributed by atoms with Crippen molar-refractivity contribution >= 4 is 11.8 Å². The van der Waals surface area contributed by atoms with E-state index in [0.717, 1.165) is 12.1 Å². The van der Waals surface area contributed by atoms with Gasteiger partial charge >= 0.3 is 5.97 Å². The molecule has 1 aromatic rings. The summed E-state index contributed by atoms with van der Waals surface area (Å²) in [5.41, 5.74) is -0.0791. The fourth-order valence-electron chi connectivity index (χ4n) is 1.47. The second-order valence-electron chi connectivity index (χ2n) is 4.09. The first-order valence-corrected chi connectivity index (χ1v) is 5.35. The molecule has 0 amide bonds. The standard InChI is InChI=1S/C13H12FNO3/c1-7(8(2)13(17)18)12(16)9-3-4-11(14)10(5-9)6-15/h3-5,7-8H,1-2H3,(H,17,18). The van der Waals surface area contributed by atoms with Gasteiger partial charge in [0.2, 0.25) is 0 Å². The van der Waals surface area contributed by atoms with Crippen LogP contribution in [0.1, 0.15) is 29.8 Å². The Morgan fingerprint density at radius 2 is 1.94 bits per heavy atom. The number of hydrogen-bond acceptors (Lipinski definition) is 3. The fourth-order valence-corrected chi connectivity index (χ4v) is 1.47. The van der Waals surface area contributed by atoms with Crippen LogP contribution in [0.4, 0.5) is 4.39 Å². The molecule has 94 valence electrons. The van der Waals surface area contributed by atoms with Crippen molar-refractivity contribution in [3.05, 3.63) is 35.1 Å². The van der Waals surface area contributed by atoms with Gasteiger partial charge in [-0.3, -0.25) is 9.59 Å². The van der Waals surface area contributed by atoms with Crippen LogP contribution in [0.2, 0.25) is 0 Å². The minimum Gasteiger partial charge on any atom is -0.481 e. The van der Waals surface area contributed by atoms with E-state index in [1.807, 2.05) is 0 Å². The summed E-state index contributed by atoms with van der Waals surface area (Å²) in [7, 11) is 0. The summed E-state index contributed by atoms with van der Waals surface area (Å²) in [5.74, 6) is -3.76. The van der Waals surface area contributed by atoms with Crippen LogP contribution in [0, 0.1) is 29.0 Å². The number of carboxylic acid groups (broad SMARTS) is 1. The number of ketones is 1. The lowest BCUT2D eigenvalue weighted by atomic mass is 9.88. The number of Topliss-reactive ketones (excluding diaryl/α,β-unsaturated/α-hetero) is 1. The Balaban J connectivity index is 3.05. The summed E-state index contributed by atoms with van der Waals surface area (Å²) in [4.78, 5) is 22.8. The Kier molecular flexibility index (Phi) is 4.16. The van der Waals surface area contributed by atoms with Gasteiger partial charge in [-0.2, -0.15) is 5.26 Å². The molecule has 1 aromatic carbocycles. The molecular formula is C13H12FNO3. The minimum absolute atomic E-state index is 0.147. The van der Waals surface area contributed by atoms with Crippen molar-refractivity contribution < 1.29 is 19.1 Å². The Hall–Kier alpha value is -2.22. The lowest BCUT2D eigenvalue weighted by molar-refractivity contribution is -0.142. The normalized spacial score (nSPS) is 13.4. The third-order valence-corrected chi connectivity index (χ3v) is 2.92. The van der Waals surface area contributed by atoms with E-state index in [9.17, 15) is 14.0 Å². The largest absolute Gasteiger partial charge is 0.481 e. The van der Waals surface area contributed by atoms with Crippen molar-refractivity contribution in [2.45, 2.75) is 13.8 Å². The molecule has 1 rings (SSSR count). The third kappa shape index (κ3) is 2.72. The number of carbonyl (C=O) groups is 2. The van der Waals surface area contributed by atoms with Crippen molar-refractivity contribution in [2.24, 2.45) is 11.8 Å². The average Bonchev–Trinajstić information content (AvgIpc) is 2.36. The number of rotatable bonds is 4. The molecule has 0 aliphatic heterocycles. The lowest BCUT2D eigenvalue weighted by Crippen LogP contribution is -2.25. The maximum atomic E-state index is 13.1. The van der Waals surface area contributed by atoms with E-state index in [-0.39, 0.29) is 11.1 Å². The molecule has 18 heavy (non-hydrogen) atoms. The van der Waals surface area contributed by atoms with Gasteiger partial charge < -0.3 is 5.11 Å². The molecule has 2 unspecified atom stereocenters. The molecule has 0 aromatic heterocycles. The molecule has 0 heterocycles. The summed E-state index contributed by atoms with van der Waals surface area (Å²) in [6.07, 6.45) is 0. The van der Waals surface area contributed by atoms with Crippen LogP contribution in [0.15, 0.2) is 18.2 Å². The van der Waals surface area contributed by atoms with E-state index in [1.165, 1.54) is 19.9 Å². The molecule has 0 fully saturated rings. The number of carbonyl (C=O) groups excluding carboxylic acids is 1. The predicted molar refractivity (Wildman–Crippen MR) is 61.4 cm³/mol. The van der Waals surface area contributed by atoms with Crippen LogP contribution in [-0.2, 0) is 4.79 Å². The SMILES string of the molecule is CC(C(=O)O)C(C)C(=O)c1ccc(F)c(C#N)c1. The van der Waals surface area contributed by atoms with Gasteiger partial charge in [0.15, 0.2) is 5.78 Å². The number of aliphatic carboxylic acids is 1. The summed E-state index contributed by atoms with van der Waals surface area (Å²) < 4.78 is 13.1. The van der Waals surface area contributed by atoms with Crippen molar-refractivity contribution in [2.75, 3.05) is 0 Å². The molecular weight excluding hydrogens is 237 g/mol. The van der Waals surface area contributed by atoms with E-state index in [4.69, 9.17) is 10.4 Å². The zero-order valence-electron chi connectivity index (χ0n) is 9.98. The highest BCUT2D eigenvalue weighted by Gasteiger charge is 2.26. The van der Waals surface area contributed by atoms with Gasteiger partial charge in [0.05, 0.1) is 11.5 Å². The molecule has 0 radical (unpaired) electrons. The number of hydrogen-bond donors (Lipinski definition) is 1. The fraction of sp³-hybridized carbons (Fsp3) is 0.308. The Labute approximate surface area is 104 Å². The lowest BCUT2D eigenvalue weighted by Gasteiger charge is -2.14. The average molecular weight is 249 g/mol. The zero-order valence-corrected chi connectivity index (χ0v) is 9.98. The number of nitriles is 1. The number of nitrogens with zero attached hydrogens (tertiary/aromatic N) is 1. The number of halogens is 1. The maximum absolute atomic E-state index is 13.1. The summed E-state index contributed by atoms with van der Waals surface area (Å²) in [6.45, 7) is 2.93. The molecule has 0 saturated heterocycles. The first-order valence-electron chi connectivity index (χ1n) is 5.35. The van der Waals surface area contributed by atoms with Gasteiger partial charge in [-0.15, -0.1) is 0 Å². The van der Waals surface area contributed by atoms with Crippen LogP contribution in [0.5, 0.6) is 0 Å². The Morgan fingerprint density at radius 1 is 1.33 bits per heavy atom. The van der Waals surface area contributed by atoms with Crippen LogP contribution < -0.4 is 0 Å². The summed E-state index contributed by atoms with van der Waals surface area (Å²) in [6, 6.07) is 5.06. The zero-order chi connectivity index (χ0) is 13.9. The van der Waals surface area contributed by atoms with Crippen molar-refractivity contribution in [3.63, 3.8) is 0 Å². The van der Waals surface area contributed by atoms with Crippen molar-refractivity contribution in [1.29, 1.82) is 5.26 Å². The number of benzene rings is 1. The molecule has 0 bridgehead atoms. The monoisotopic (exact) mass is 249 g/mol. The maximum Gasteiger partial charge on any atom is 0.306 e. The van der Waals surface area contributed by atoms with Crippen LogP contribution in [-0.4, -0.2) is 16.9 Å². The second-order valence-corrected chi connectivity index (χ2v) is 4.09. The highest BCUT2D eigenvalue weighted by Crippen LogP contribution is 2.19. The van der Waals surface area contributed by atoms with E-state index < -0.39 is 29.4 Å². The number of carboxylic acids is 1. The molecule has 0 aliphatic carbocycles. The first kappa shape index (κ1) is 13.8. The van der Waals surface area contributed by atoms with Crippen LogP contribution in [0.25, 0.3) is 0 Å². The summed E-state index contributed by atoms with van der Waals surface area (Å²) >= 11 is 0. The van der Waals surface area contributed by atoms with E-state index >= 15 is 0 Å². The van der Waals surface area contributed by atoms with Gasteiger partial charge in [-0.25, -0.2) is 4.39 Å². The van der Waals surface area contributed by atoms with E-state index in [0.29, 0.717) is 0 Å². The molecule has 0 spiro atoms. The molecule has 2 atom stereocenters. The Morgan fingerprint density at radius 3 is 2.44 bits per heavy atom. The highest BCUT2D eigenvalue weighted by atomic mass is 19.1. The molecule has 5 heteroatoms. The summed E-state index contributed by atoms with van der Waals surface area (Å²) in [5, 5.41) is 17.5. The van der Waals surface area contributed by atoms with Crippen molar-refractivity contribution in [3.8, 4) is 6.07 Å². The van der Waals surface area contributed by atoms with E-state index in [2.05, 4.69) is 0 Å². The minimum atomic E-state index is -1.07. The third-order valence-electron chi connectivity index (χ3n) is 2.92. The Bertz CT molecular complexity index is 534. The molecule has 0 saturated carbocycles.